The third kappa shape index (κ3) is 6.32. The molecule has 148 valence electrons. The van der Waals surface area contributed by atoms with Gasteiger partial charge in [0.25, 0.3) is 0 Å². The molecule has 0 aromatic heterocycles. The average molecular weight is 378 g/mol. The minimum Gasteiger partial charge on any atom is -0.342 e. The molecule has 3 fully saturated rings. The van der Waals surface area contributed by atoms with E-state index in [1.807, 2.05) is 0 Å². The van der Waals surface area contributed by atoms with Crippen LogP contribution in [0.1, 0.15) is 103 Å². The zero-order valence-corrected chi connectivity index (χ0v) is 17.5. The monoisotopic (exact) mass is 377 g/mol. The molecule has 2 unspecified atom stereocenters. The number of unbranched alkanes of at least 4 members (excludes halogenated alkanes) is 2. The maximum Gasteiger partial charge on any atom is 0.222 e. The molecule has 3 aliphatic rings. The van der Waals surface area contributed by atoms with E-state index in [-0.39, 0.29) is 0 Å². The van der Waals surface area contributed by atoms with Crippen molar-refractivity contribution in [2.45, 2.75) is 103 Å². The van der Waals surface area contributed by atoms with Gasteiger partial charge in [0, 0.05) is 19.5 Å². The fourth-order valence-corrected chi connectivity index (χ4v) is 5.96. The van der Waals surface area contributed by atoms with Crippen LogP contribution in [0.3, 0.4) is 0 Å². The molecule has 0 N–H and O–H groups in total. The van der Waals surface area contributed by atoms with Gasteiger partial charge in [0.1, 0.15) is 0 Å². The molecule has 1 aliphatic heterocycles. The number of amides is 1. The van der Waals surface area contributed by atoms with Crippen LogP contribution in [0.5, 0.6) is 0 Å². The summed E-state index contributed by atoms with van der Waals surface area (Å²) < 4.78 is 0. The van der Waals surface area contributed by atoms with E-state index < -0.39 is 0 Å². The van der Waals surface area contributed by atoms with Crippen LogP contribution in [0.15, 0.2) is 0 Å². The van der Waals surface area contributed by atoms with Crippen molar-refractivity contribution in [3.63, 3.8) is 0 Å². The first kappa shape index (κ1) is 20.3. The predicted octanol–water partition coefficient (Wildman–Crippen LogP) is 6.32. The summed E-state index contributed by atoms with van der Waals surface area (Å²) in [7, 11) is 0. The topological polar surface area (TPSA) is 20.3 Å². The quantitative estimate of drug-likeness (QED) is 0.364. The molecule has 26 heavy (non-hydrogen) atoms. The van der Waals surface area contributed by atoms with E-state index in [2.05, 4.69) is 4.90 Å². The molecule has 2 atom stereocenters. The van der Waals surface area contributed by atoms with E-state index in [9.17, 15) is 4.79 Å². The Morgan fingerprint density at radius 2 is 1.50 bits per heavy atom. The summed E-state index contributed by atoms with van der Waals surface area (Å²) in [6, 6.07) is 0. The molecule has 0 radical (unpaired) electrons. The predicted molar refractivity (Wildman–Crippen MR) is 114 cm³/mol. The Morgan fingerprint density at radius 1 is 0.808 bits per heavy atom. The van der Waals surface area contributed by atoms with E-state index in [0.29, 0.717) is 5.91 Å². The van der Waals surface area contributed by atoms with E-state index in [1.54, 1.807) is 0 Å². The summed E-state index contributed by atoms with van der Waals surface area (Å²) in [5.74, 6) is 3.01. The molecular weight excluding hydrogens is 338 g/mol. The van der Waals surface area contributed by atoms with Crippen LogP contribution >= 0.6 is 12.2 Å². The van der Waals surface area contributed by atoms with E-state index >= 15 is 0 Å². The fourth-order valence-electron chi connectivity index (χ4n) is 5.58. The van der Waals surface area contributed by atoms with Crippen molar-refractivity contribution in [1.82, 2.24) is 4.90 Å². The SMILES string of the molecule is O=C(CCCCCC(=S)CC1CCCCC1)N1CCC2CCCCC2C1. The Bertz CT molecular complexity index is 457. The maximum atomic E-state index is 12.5. The van der Waals surface area contributed by atoms with Crippen molar-refractivity contribution in [3.05, 3.63) is 0 Å². The highest BCUT2D eigenvalue weighted by molar-refractivity contribution is 7.80. The van der Waals surface area contributed by atoms with Gasteiger partial charge < -0.3 is 4.90 Å². The first-order valence-corrected chi connectivity index (χ1v) is 11.9. The lowest BCUT2D eigenvalue weighted by Gasteiger charge is -2.41. The molecule has 3 rings (SSSR count). The van der Waals surface area contributed by atoms with Gasteiger partial charge in [0.2, 0.25) is 5.91 Å². The lowest BCUT2D eigenvalue weighted by atomic mass is 9.75. The molecule has 2 aliphatic carbocycles. The molecule has 2 nitrogen and oxygen atoms in total. The highest BCUT2D eigenvalue weighted by atomic mass is 32.1. The van der Waals surface area contributed by atoms with Crippen LogP contribution in [-0.4, -0.2) is 28.8 Å². The van der Waals surface area contributed by atoms with Crippen LogP contribution in [0, 0.1) is 17.8 Å². The zero-order valence-electron chi connectivity index (χ0n) is 16.7. The Kier molecular flexibility index (Phi) is 8.42. The van der Waals surface area contributed by atoms with Gasteiger partial charge in [-0.1, -0.05) is 70.0 Å². The van der Waals surface area contributed by atoms with Crippen LogP contribution in [0.25, 0.3) is 0 Å². The lowest BCUT2D eigenvalue weighted by Crippen LogP contribution is -2.44. The number of hydrogen-bond acceptors (Lipinski definition) is 2. The third-order valence-corrected chi connectivity index (χ3v) is 7.60. The van der Waals surface area contributed by atoms with Crippen LogP contribution in [0.4, 0.5) is 0 Å². The fraction of sp³-hybridized carbons (Fsp3) is 0.913. The second-order valence-electron chi connectivity index (χ2n) is 9.24. The normalized spacial score (nSPS) is 27.2. The summed E-state index contributed by atoms with van der Waals surface area (Å²) in [6.07, 6.45) is 20.3. The Morgan fingerprint density at radius 3 is 2.31 bits per heavy atom. The van der Waals surface area contributed by atoms with Gasteiger partial charge in [0.15, 0.2) is 0 Å². The van der Waals surface area contributed by atoms with Crippen LogP contribution in [-0.2, 0) is 4.79 Å². The maximum absolute atomic E-state index is 12.5. The van der Waals surface area contributed by atoms with Crippen LogP contribution in [0.2, 0.25) is 0 Å². The molecule has 2 saturated carbocycles. The number of rotatable bonds is 8. The number of nitrogens with zero attached hydrogens (tertiary/aromatic N) is 1. The molecule has 1 amide bonds. The van der Waals surface area contributed by atoms with Crippen molar-refractivity contribution in [2.75, 3.05) is 13.1 Å². The highest BCUT2D eigenvalue weighted by Gasteiger charge is 2.32. The summed E-state index contributed by atoms with van der Waals surface area (Å²) in [4.78, 5) is 16.0. The number of fused-ring (bicyclic) bond motifs is 1. The summed E-state index contributed by atoms with van der Waals surface area (Å²) in [5.41, 5.74) is 0. The van der Waals surface area contributed by atoms with Gasteiger partial charge >= 0.3 is 0 Å². The number of carbonyl (C=O) groups excluding carboxylic acids is 1. The molecule has 0 aromatic carbocycles. The van der Waals surface area contributed by atoms with Gasteiger partial charge in [-0.3, -0.25) is 4.79 Å². The number of piperidine rings is 1. The van der Waals surface area contributed by atoms with Gasteiger partial charge in [-0.25, -0.2) is 0 Å². The molecule has 0 bridgehead atoms. The summed E-state index contributed by atoms with van der Waals surface area (Å²) in [5, 5.41) is 0. The average Bonchev–Trinajstić information content (AvgIpc) is 2.68. The molecule has 3 heteroatoms. The largest absolute Gasteiger partial charge is 0.342 e. The van der Waals surface area contributed by atoms with Crippen LogP contribution < -0.4 is 0 Å². The van der Waals surface area contributed by atoms with E-state index in [1.165, 1.54) is 81.9 Å². The number of thiocarbonyl (C=S) groups is 1. The van der Waals surface area contributed by atoms with Crippen molar-refractivity contribution in [2.24, 2.45) is 17.8 Å². The second-order valence-corrected chi connectivity index (χ2v) is 9.82. The number of hydrogen-bond donors (Lipinski definition) is 0. The van der Waals surface area contributed by atoms with Gasteiger partial charge in [-0.2, -0.15) is 0 Å². The summed E-state index contributed by atoms with van der Waals surface area (Å²) in [6.45, 7) is 2.07. The Balaban J connectivity index is 1.24. The molecular formula is C23H39NOS. The second kappa shape index (κ2) is 10.8. The van der Waals surface area contributed by atoms with Crippen molar-refractivity contribution in [1.29, 1.82) is 0 Å². The third-order valence-electron chi connectivity index (χ3n) is 7.23. The standard InChI is InChI=1S/C23H39NOS/c25-23(24-16-15-20-11-7-8-12-21(20)18-24)14-6-2-5-13-22(26)17-19-9-3-1-4-10-19/h19-21H,1-18H2. The molecule has 1 saturated heterocycles. The van der Waals surface area contributed by atoms with Gasteiger partial charge in [0.05, 0.1) is 0 Å². The van der Waals surface area contributed by atoms with Gasteiger partial charge in [-0.15, -0.1) is 0 Å². The minimum atomic E-state index is 0.416. The lowest BCUT2D eigenvalue weighted by molar-refractivity contribution is -0.134. The number of likely N-dealkylation sites (tertiary alicyclic amines) is 1. The van der Waals surface area contributed by atoms with Crippen molar-refractivity contribution in [3.8, 4) is 0 Å². The zero-order chi connectivity index (χ0) is 18.2. The molecule has 0 spiro atoms. The minimum absolute atomic E-state index is 0.416. The van der Waals surface area contributed by atoms with Gasteiger partial charge in [-0.05, 0) is 61.1 Å². The summed E-state index contributed by atoms with van der Waals surface area (Å²) >= 11 is 5.62. The molecule has 1 heterocycles. The molecule has 0 aromatic rings. The van der Waals surface area contributed by atoms with Crippen molar-refractivity contribution >= 4 is 23.0 Å². The Labute approximate surface area is 166 Å². The van der Waals surface area contributed by atoms with E-state index in [0.717, 1.165) is 56.5 Å². The highest BCUT2D eigenvalue weighted by Crippen LogP contribution is 2.36. The van der Waals surface area contributed by atoms with Crippen molar-refractivity contribution < 1.29 is 4.79 Å². The smallest absolute Gasteiger partial charge is 0.222 e. The first-order valence-electron chi connectivity index (χ1n) is 11.5. The first-order chi connectivity index (χ1) is 12.7. The van der Waals surface area contributed by atoms with E-state index in [4.69, 9.17) is 12.2 Å². The number of carbonyl (C=O) groups is 1. The Hall–Kier alpha value is -0.440.